The lowest BCUT2D eigenvalue weighted by atomic mass is 9.94. The third kappa shape index (κ3) is 2.51. The van der Waals surface area contributed by atoms with Gasteiger partial charge in [-0.2, -0.15) is 13.2 Å². The van der Waals surface area contributed by atoms with Gasteiger partial charge >= 0.3 is 12.1 Å². The van der Waals surface area contributed by atoms with Crippen molar-refractivity contribution in [2.75, 3.05) is 6.61 Å². The van der Waals surface area contributed by atoms with E-state index < -0.39 is 34.9 Å². The Morgan fingerprint density at radius 3 is 2.60 bits per heavy atom. The van der Waals surface area contributed by atoms with Crippen molar-refractivity contribution in [1.29, 1.82) is 0 Å². The number of hydrogen-bond donors (Lipinski definition) is 0. The highest BCUT2D eigenvalue weighted by atomic mass is 19.4. The second kappa shape index (κ2) is 4.75. The molecule has 0 saturated heterocycles. The van der Waals surface area contributed by atoms with E-state index in [4.69, 9.17) is 4.74 Å². The number of rotatable bonds is 3. The average Bonchev–Trinajstić information content (AvgIpc) is 3.02. The van der Waals surface area contributed by atoms with Gasteiger partial charge in [0.2, 0.25) is 0 Å². The molecule has 2 unspecified atom stereocenters. The van der Waals surface area contributed by atoms with E-state index in [-0.39, 0.29) is 6.61 Å². The van der Waals surface area contributed by atoms with Gasteiger partial charge in [0.15, 0.2) is 0 Å². The lowest BCUT2D eigenvalue weighted by molar-refractivity contribution is -0.145. The molecule has 1 fully saturated rings. The molecular formula is C14H14F4O2. The molecule has 1 saturated carbocycles. The van der Waals surface area contributed by atoms with Gasteiger partial charge in [-0.3, -0.25) is 4.79 Å². The lowest BCUT2D eigenvalue weighted by Gasteiger charge is -2.14. The fraction of sp³-hybridized carbons (Fsp3) is 0.500. The summed E-state index contributed by atoms with van der Waals surface area (Å²) in [6.45, 7) is 3.64. The predicted octanol–water partition coefficient (Wildman–Crippen LogP) is 3.69. The molecule has 6 heteroatoms. The SMILES string of the molecule is CCOC(=O)C1CC1(C)c1ccc(C(F)(F)F)c(F)c1. The van der Waals surface area contributed by atoms with Crippen molar-refractivity contribution in [3.63, 3.8) is 0 Å². The zero-order chi connectivity index (χ0) is 15.1. The first-order valence-corrected chi connectivity index (χ1v) is 6.24. The standard InChI is InChI=1S/C14H14F4O2/c1-3-20-12(19)10-7-13(10,2)8-4-5-9(11(15)6-8)14(16,17)18/h4-6,10H,3,7H2,1-2H3. The zero-order valence-corrected chi connectivity index (χ0v) is 11.1. The fourth-order valence-electron chi connectivity index (χ4n) is 2.37. The number of ether oxygens (including phenoxy) is 1. The molecular weight excluding hydrogens is 276 g/mol. The summed E-state index contributed by atoms with van der Waals surface area (Å²) in [5.74, 6) is -2.13. The van der Waals surface area contributed by atoms with Crippen molar-refractivity contribution in [3.8, 4) is 0 Å². The van der Waals surface area contributed by atoms with Crippen molar-refractivity contribution in [2.45, 2.75) is 31.9 Å². The van der Waals surface area contributed by atoms with Gasteiger partial charge in [-0.15, -0.1) is 0 Å². The Labute approximate surface area is 113 Å². The number of esters is 1. The monoisotopic (exact) mass is 290 g/mol. The Bertz CT molecular complexity index is 538. The summed E-state index contributed by atoms with van der Waals surface area (Å²) in [7, 11) is 0. The summed E-state index contributed by atoms with van der Waals surface area (Å²) in [5, 5.41) is 0. The molecule has 0 heterocycles. The van der Waals surface area contributed by atoms with Crippen LogP contribution in [0, 0.1) is 11.7 Å². The quantitative estimate of drug-likeness (QED) is 0.627. The minimum atomic E-state index is -4.71. The molecule has 0 radical (unpaired) electrons. The number of halogens is 4. The molecule has 1 aliphatic rings. The Morgan fingerprint density at radius 1 is 1.45 bits per heavy atom. The van der Waals surface area contributed by atoms with E-state index in [2.05, 4.69) is 0 Å². The van der Waals surface area contributed by atoms with Crippen molar-refractivity contribution in [1.82, 2.24) is 0 Å². The van der Waals surface area contributed by atoms with Crippen molar-refractivity contribution in [2.24, 2.45) is 5.92 Å². The summed E-state index contributed by atoms with van der Waals surface area (Å²) in [6, 6.07) is 2.81. The van der Waals surface area contributed by atoms with E-state index in [0.29, 0.717) is 12.0 Å². The van der Waals surface area contributed by atoms with Crippen molar-refractivity contribution in [3.05, 3.63) is 35.1 Å². The first-order valence-electron chi connectivity index (χ1n) is 6.24. The Balaban J connectivity index is 2.24. The molecule has 0 spiro atoms. The molecule has 110 valence electrons. The van der Waals surface area contributed by atoms with Gasteiger partial charge < -0.3 is 4.74 Å². The molecule has 1 aromatic carbocycles. The molecule has 0 N–H and O–H groups in total. The maximum atomic E-state index is 13.5. The third-order valence-corrected chi connectivity index (χ3v) is 3.74. The first kappa shape index (κ1) is 14.8. The van der Waals surface area contributed by atoms with Crippen LogP contribution >= 0.6 is 0 Å². The van der Waals surface area contributed by atoms with Crippen LogP contribution in [0.15, 0.2) is 18.2 Å². The van der Waals surface area contributed by atoms with Crippen LogP contribution in [-0.4, -0.2) is 12.6 Å². The Kier molecular flexibility index (Phi) is 3.52. The van der Waals surface area contributed by atoms with Crippen LogP contribution in [0.25, 0.3) is 0 Å². The number of hydrogen-bond acceptors (Lipinski definition) is 2. The minimum Gasteiger partial charge on any atom is -0.466 e. The fourth-order valence-corrected chi connectivity index (χ4v) is 2.37. The van der Waals surface area contributed by atoms with Crippen LogP contribution in [0.2, 0.25) is 0 Å². The number of benzene rings is 1. The third-order valence-electron chi connectivity index (χ3n) is 3.74. The van der Waals surface area contributed by atoms with Crippen LogP contribution in [0.4, 0.5) is 17.6 Å². The highest BCUT2D eigenvalue weighted by Crippen LogP contribution is 2.55. The summed E-state index contributed by atoms with van der Waals surface area (Å²) in [5.41, 5.74) is -1.55. The second-order valence-corrected chi connectivity index (χ2v) is 5.12. The maximum absolute atomic E-state index is 13.5. The largest absolute Gasteiger partial charge is 0.466 e. The van der Waals surface area contributed by atoms with Crippen molar-refractivity contribution >= 4 is 5.97 Å². The van der Waals surface area contributed by atoms with Gasteiger partial charge in [0.1, 0.15) is 5.82 Å². The van der Waals surface area contributed by atoms with Crippen LogP contribution < -0.4 is 0 Å². The van der Waals surface area contributed by atoms with Crippen LogP contribution in [0.1, 0.15) is 31.4 Å². The highest BCUT2D eigenvalue weighted by molar-refractivity contribution is 5.79. The average molecular weight is 290 g/mol. The summed E-state index contributed by atoms with van der Waals surface area (Å²) in [6.07, 6.45) is -4.26. The summed E-state index contributed by atoms with van der Waals surface area (Å²) < 4.78 is 55.9. The molecule has 0 amide bonds. The van der Waals surface area contributed by atoms with E-state index >= 15 is 0 Å². The maximum Gasteiger partial charge on any atom is 0.419 e. The smallest absolute Gasteiger partial charge is 0.419 e. The highest BCUT2D eigenvalue weighted by Gasteiger charge is 2.56. The number of carbonyl (C=O) groups excluding carboxylic acids is 1. The number of carbonyl (C=O) groups is 1. The normalized spacial score (nSPS) is 25.4. The van der Waals surface area contributed by atoms with Gasteiger partial charge in [0, 0.05) is 5.41 Å². The predicted molar refractivity (Wildman–Crippen MR) is 63.5 cm³/mol. The molecule has 1 aromatic rings. The van der Waals surface area contributed by atoms with Gasteiger partial charge in [-0.1, -0.05) is 13.0 Å². The zero-order valence-electron chi connectivity index (χ0n) is 11.1. The van der Waals surface area contributed by atoms with E-state index in [1.165, 1.54) is 6.07 Å². The van der Waals surface area contributed by atoms with E-state index in [9.17, 15) is 22.4 Å². The van der Waals surface area contributed by atoms with Crippen LogP contribution in [0.3, 0.4) is 0 Å². The topological polar surface area (TPSA) is 26.3 Å². The first-order chi connectivity index (χ1) is 9.20. The molecule has 1 aliphatic carbocycles. The van der Waals surface area contributed by atoms with Gasteiger partial charge in [0.25, 0.3) is 0 Å². The van der Waals surface area contributed by atoms with Gasteiger partial charge in [0.05, 0.1) is 18.1 Å². The summed E-state index contributed by atoms with van der Waals surface area (Å²) in [4.78, 5) is 11.6. The van der Waals surface area contributed by atoms with Crippen molar-refractivity contribution < 1.29 is 27.1 Å². The molecule has 0 bridgehead atoms. The molecule has 0 aromatic heterocycles. The molecule has 20 heavy (non-hydrogen) atoms. The Hall–Kier alpha value is -1.59. The molecule has 2 rings (SSSR count). The number of alkyl halides is 3. The van der Waals surface area contributed by atoms with E-state index in [1.807, 2.05) is 0 Å². The van der Waals surface area contributed by atoms with Crippen LogP contribution in [0.5, 0.6) is 0 Å². The van der Waals surface area contributed by atoms with Gasteiger partial charge in [-0.25, -0.2) is 4.39 Å². The lowest BCUT2D eigenvalue weighted by Crippen LogP contribution is -2.16. The van der Waals surface area contributed by atoms with Gasteiger partial charge in [-0.05, 0) is 31.0 Å². The summed E-state index contributed by atoms with van der Waals surface area (Å²) >= 11 is 0. The molecule has 2 nitrogen and oxygen atoms in total. The van der Waals surface area contributed by atoms with Crippen LogP contribution in [-0.2, 0) is 21.1 Å². The minimum absolute atomic E-state index is 0.243. The van der Waals surface area contributed by atoms with E-state index in [1.54, 1.807) is 13.8 Å². The Morgan fingerprint density at radius 2 is 2.10 bits per heavy atom. The second-order valence-electron chi connectivity index (χ2n) is 5.12. The van der Waals surface area contributed by atoms with E-state index in [0.717, 1.165) is 12.1 Å². The molecule has 0 aliphatic heterocycles. The molecule has 2 atom stereocenters.